The number of anilines is 1. The Hall–Kier alpha value is -3.14. The zero-order chi connectivity index (χ0) is 26.7. The fourth-order valence-electron chi connectivity index (χ4n) is 3.86. The molecule has 0 bridgehead atoms. The summed E-state index contributed by atoms with van der Waals surface area (Å²) in [6.07, 6.45) is 3.60. The number of methoxy groups -OCH3 is 3. The first kappa shape index (κ1) is 26.9. The summed E-state index contributed by atoms with van der Waals surface area (Å²) in [6, 6.07) is 0. The summed E-state index contributed by atoms with van der Waals surface area (Å²) < 4.78 is 53.1. The first-order valence-corrected chi connectivity index (χ1v) is 13.2. The van der Waals surface area contributed by atoms with E-state index in [1.54, 1.807) is 0 Å². The largest absolute Gasteiger partial charge is 0.479 e. The molecule has 1 aliphatic rings. The van der Waals surface area contributed by atoms with E-state index < -0.39 is 21.4 Å². The Bertz CT molecular complexity index is 1320. The smallest absolute Gasteiger partial charge is 0.245 e. The molecule has 0 radical (unpaired) electrons. The van der Waals surface area contributed by atoms with Gasteiger partial charge in [-0.1, -0.05) is 11.6 Å². The SMILES string of the molecule is CCO[C@H]1C[C@@H]1c1nnc(NS(=O)(=O)[C@@H](C)[C@H](OC)c2ncc(Cl)cn2)n1-c1c(OC)ncnc1OC. The highest BCUT2D eigenvalue weighted by atomic mass is 35.5. The van der Waals surface area contributed by atoms with Gasteiger partial charge in [0.05, 0.1) is 25.3 Å². The van der Waals surface area contributed by atoms with Crippen LogP contribution < -0.4 is 14.2 Å². The van der Waals surface area contributed by atoms with Crippen LogP contribution in [-0.4, -0.2) is 82.4 Å². The second-order valence-corrected chi connectivity index (χ2v) is 10.5. The van der Waals surface area contributed by atoms with Gasteiger partial charge in [0.25, 0.3) is 0 Å². The quantitative estimate of drug-likeness (QED) is 0.346. The molecule has 16 heteroatoms. The fourth-order valence-corrected chi connectivity index (χ4v) is 5.09. The van der Waals surface area contributed by atoms with E-state index in [-0.39, 0.29) is 41.2 Å². The summed E-state index contributed by atoms with van der Waals surface area (Å²) in [5.41, 5.74) is 0.240. The zero-order valence-corrected chi connectivity index (χ0v) is 22.4. The lowest BCUT2D eigenvalue weighted by molar-refractivity contribution is 0.0950. The third-order valence-electron chi connectivity index (χ3n) is 5.80. The van der Waals surface area contributed by atoms with Gasteiger partial charge in [-0.3, -0.25) is 9.29 Å². The van der Waals surface area contributed by atoms with E-state index in [0.29, 0.717) is 23.9 Å². The molecule has 1 fully saturated rings. The lowest BCUT2D eigenvalue weighted by Gasteiger charge is -2.22. The maximum atomic E-state index is 13.5. The van der Waals surface area contributed by atoms with E-state index in [2.05, 4.69) is 34.9 Å². The monoisotopic (exact) mass is 554 g/mol. The lowest BCUT2D eigenvalue weighted by Crippen LogP contribution is -2.33. The van der Waals surface area contributed by atoms with Crippen molar-refractivity contribution in [2.24, 2.45) is 0 Å². The van der Waals surface area contributed by atoms with Crippen molar-refractivity contribution in [3.63, 3.8) is 0 Å². The van der Waals surface area contributed by atoms with Crippen molar-refractivity contribution in [2.45, 2.75) is 43.6 Å². The molecule has 0 unspecified atom stereocenters. The molecular weight excluding hydrogens is 528 g/mol. The van der Waals surface area contributed by atoms with Crippen LogP contribution in [-0.2, 0) is 19.5 Å². The molecule has 4 rings (SSSR count). The van der Waals surface area contributed by atoms with Crippen LogP contribution in [0.15, 0.2) is 18.7 Å². The maximum absolute atomic E-state index is 13.5. The predicted octanol–water partition coefficient (Wildman–Crippen LogP) is 1.93. The molecule has 0 amide bonds. The van der Waals surface area contributed by atoms with Crippen molar-refractivity contribution in [1.29, 1.82) is 0 Å². The Morgan fingerprint density at radius 3 is 2.32 bits per heavy atom. The van der Waals surface area contributed by atoms with Crippen molar-refractivity contribution < 1.29 is 27.4 Å². The van der Waals surface area contributed by atoms with Crippen molar-refractivity contribution in [3.05, 3.63) is 35.4 Å². The van der Waals surface area contributed by atoms with Crippen molar-refractivity contribution >= 4 is 27.6 Å². The molecule has 0 spiro atoms. The predicted molar refractivity (Wildman–Crippen MR) is 132 cm³/mol. The van der Waals surface area contributed by atoms with Crippen LogP contribution in [0.2, 0.25) is 5.02 Å². The van der Waals surface area contributed by atoms with Gasteiger partial charge >= 0.3 is 0 Å². The molecule has 3 aromatic heterocycles. The molecule has 37 heavy (non-hydrogen) atoms. The van der Waals surface area contributed by atoms with Gasteiger partial charge in [-0.2, -0.15) is 9.97 Å². The first-order valence-electron chi connectivity index (χ1n) is 11.3. The highest BCUT2D eigenvalue weighted by Crippen LogP contribution is 2.45. The van der Waals surface area contributed by atoms with Gasteiger partial charge in [0.2, 0.25) is 27.7 Å². The second kappa shape index (κ2) is 11.1. The number of nitrogens with zero attached hydrogens (tertiary/aromatic N) is 7. The molecule has 3 aromatic rings. The van der Waals surface area contributed by atoms with E-state index in [4.69, 9.17) is 30.5 Å². The molecule has 3 heterocycles. The summed E-state index contributed by atoms with van der Waals surface area (Å²) in [5.74, 6) is 0.636. The Morgan fingerprint density at radius 2 is 1.76 bits per heavy atom. The van der Waals surface area contributed by atoms with Crippen LogP contribution in [0.3, 0.4) is 0 Å². The number of halogens is 1. The fraction of sp³-hybridized carbons (Fsp3) is 0.524. The van der Waals surface area contributed by atoms with Crippen LogP contribution in [0.5, 0.6) is 11.8 Å². The standard InChI is InChI=1S/C21H27ClN8O6S/c1-6-36-14-7-13(14)18-27-28-21(30(18)15-19(34-4)25-10-26-20(15)35-5)29-37(31,32)11(2)16(33-3)17-23-8-12(22)9-24-17/h8-11,13-14,16H,6-7H2,1-5H3,(H,28,29)/t11-,13-,14-,16-/m0/s1. The Morgan fingerprint density at radius 1 is 1.11 bits per heavy atom. The van der Waals surface area contributed by atoms with Crippen LogP contribution in [0.4, 0.5) is 5.95 Å². The molecule has 0 aliphatic heterocycles. The molecule has 14 nitrogen and oxygen atoms in total. The van der Waals surface area contributed by atoms with E-state index >= 15 is 0 Å². The van der Waals surface area contributed by atoms with Gasteiger partial charge in [0.1, 0.15) is 23.5 Å². The van der Waals surface area contributed by atoms with Gasteiger partial charge in [0.15, 0.2) is 11.5 Å². The highest BCUT2D eigenvalue weighted by molar-refractivity contribution is 7.93. The molecule has 1 aliphatic carbocycles. The van der Waals surface area contributed by atoms with Crippen molar-refractivity contribution in [2.75, 3.05) is 32.7 Å². The van der Waals surface area contributed by atoms with Crippen LogP contribution in [0, 0.1) is 0 Å². The van der Waals surface area contributed by atoms with Gasteiger partial charge in [-0.25, -0.2) is 18.4 Å². The van der Waals surface area contributed by atoms with Gasteiger partial charge in [0, 0.05) is 32.0 Å². The van der Waals surface area contributed by atoms with Crippen LogP contribution in [0.1, 0.15) is 43.9 Å². The molecule has 0 saturated heterocycles. The number of ether oxygens (including phenoxy) is 4. The summed E-state index contributed by atoms with van der Waals surface area (Å²) >= 11 is 5.87. The number of aromatic nitrogens is 7. The van der Waals surface area contributed by atoms with Crippen LogP contribution >= 0.6 is 11.6 Å². The number of rotatable bonds is 12. The summed E-state index contributed by atoms with van der Waals surface area (Å²) in [6.45, 7) is 3.89. The minimum absolute atomic E-state index is 0.0853. The Balaban J connectivity index is 1.76. The average molecular weight is 555 g/mol. The lowest BCUT2D eigenvalue weighted by atomic mass is 10.2. The van der Waals surface area contributed by atoms with E-state index in [0.717, 1.165) is 0 Å². The number of nitrogens with one attached hydrogen (secondary N) is 1. The Kier molecular flexibility index (Phi) is 8.06. The first-order chi connectivity index (χ1) is 17.7. The van der Waals surface area contributed by atoms with Gasteiger partial charge < -0.3 is 18.9 Å². The molecule has 0 aromatic carbocycles. The number of hydrogen-bond donors (Lipinski definition) is 1. The molecular formula is C21H27ClN8O6S. The van der Waals surface area contributed by atoms with E-state index in [9.17, 15) is 8.42 Å². The third-order valence-corrected chi connectivity index (χ3v) is 7.68. The van der Waals surface area contributed by atoms with Crippen molar-refractivity contribution in [3.8, 4) is 17.4 Å². The van der Waals surface area contributed by atoms with E-state index in [1.165, 1.54) is 51.5 Å². The summed E-state index contributed by atoms with van der Waals surface area (Å²) in [4.78, 5) is 16.5. The second-order valence-electron chi connectivity index (χ2n) is 8.06. The van der Waals surface area contributed by atoms with E-state index in [1.807, 2.05) is 6.92 Å². The van der Waals surface area contributed by atoms with Gasteiger partial charge in [-0.15, -0.1) is 10.2 Å². The molecule has 1 N–H and O–H groups in total. The zero-order valence-electron chi connectivity index (χ0n) is 20.8. The Labute approximate surface area is 218 Å². The topological polar surface area (TPSA) is 165 Å². The summed E-state index contributed by atoms with van der Waals surface area (Å²) in [5, 5.41) is 7.60. The minimum Gasteiger partial charge on any atom is -0.479 e. The van der Waals surface area contributed by atoms with Crippen molar-refractivity contribution in [1.82, 2.24) is 34.7 Å². The third kappa shape index (κ3) is 5.44. The molecule has 200 valence electrons. The maximum Gasteiger partial charge on any atom is 0.245 e. The average Bonchev–Trinajstić information content (AvgIpc) is 3.54. The summed E-state index contributed by atoms with van der Waals surface area (Å²) in [7, 11) is 0.0895. The number of hydrogen-bond acceptors (Lipinski definition) is 12. The van der Waals surface area contributed by atoms with Crippen LogP contribution in [0.25, 0.3) is 5.69 Å². The minimum atomic E-state index is -4.13. The van der Waals surface area contributed by atoms with Gasteiger partial charge in [-0.05, 0) is 20.3 Å². The number of sulfonamides is 1. The highest BCUT2D eigenvalue weighted by Gasteiger charge is 2.45. The molecule has 4 atom stereocenters. The molecule has 1 saturated carbocycles. The normalized spacial score (nSPS) is 18.8.